The van der Waals surface area contributed by atoms with E-state index in [2.05, 4.69) is 23.6 Å². The summed E-state index contributed by atoms with van der Waals surface area (Å²) in [4.78, 5) is 29.4. The molecule has 0 N–H and O–H groups in total. The molecule has 3 rings (SSSR count). The molecule has 0 aromatic heterocycles. The molecule has 3 aliphatic rings. The van der Waals surface area contributed by atoms with Gasteiger partial charge in [-0.3, -0.25) is 9.59 Å². The molecule has 1 saturated heterocycles. The standard InChI is InChI=1S/C26H46N2O2/c1-19(2)22-6-8-23(9-7-22)25(30)27(5)18-21-10-12-26(13-11-21)14-16-28(17-15-26)24(29)20(3)4/h19-23H,6-18H2,1-5H3. The predicted molar refractivity (Wildman–Crippen MR) is 123 cm³/mol. The van der Waals surface area contributed by atoms with Crippen molar-refractivity contribution in [3.05, 3.63) is 0 Å². The van der Waals surface area contributed by atoms with E-state index < -0.39 is 0 Å². The Morgan fingerprint density at radius 1 is 0.900 bits per heavy atom. The van der Waals surface area contributed by atoms with Crippen LogP contribution < -0.4 is 0 Å². The summed E-state index contributed by atoms with van der Waals surface area (Å²) in [5.41, 5.74) is 0.460. The summed E-state index contributed by atoms with van der Waals surface area (Å²) in [6.07, 6.45) is 12.0. The number of hydrogen-bond acceptors (Lipinski definition) is 2. The second-order valence-corrected chi connectivity index (χ2v) is 11.5. The van der Waals surface area contributed by atoms with Gasteiger partial charge in [0.25, 0.3) is 0 Å². The Balaban J connectivity index is 1.40. The molecule has 30 heavy (non-hydrogen) atoms. The van der Waals surface area contributed by atoms with Crippen molar-refractivity contribution in [2.45, 2.75) is 91.9 Å². The van der Waals surface area contributed by atoms with Crippen molar-refractivity contribution in [3.63, 3.8) is 0 Å². The molecule has 1 aliphatic heterocycles. The van der Waals surface area contributed by atoms with Gasteiger partial charge in [-0.2, -0.15) is 0 Å². The number of hydrogen-bond donors (Lipinski definition) is 0. The van der Waals surface area contributed by atoms with E-state index in [0.717, 1.165) is 44.3 Å². The molecule has 1 spiro atoms. The number of carbonyl (C=O) groups is 2. The second kappa shape index (κ2) is 10.0. The number of piperidine rings is 1. The Morgan fingerprint density at radius 2 is 1.47 bits per heavy atom. The van der Waals surface area contributed by atoms with Crippen LogP contribution in [0.25, 0.3) is 0 Å². The van der Waals surface area contributed by atoms with Gasteiger partial charge in [0.15, 0.2) is 0 Å². The fourth-order valence-corrected chi connectivity index (χ4v) is 6.36. The first-order chi connectivity index (χ1) is 14.2. The fraction of sp³-hybridized carbons (Fsp3) is 0.923. The van der Waals surface area contributed by atoms with E-state index in [4.69, 9.17) is 0 Å². The molecule has 2 saturated carbocycles. The molecule has 0 aromatic rings. The molecule has 1 heterocycles. The summed E-state index contributed by atoms with van der Waals surface area (Å²) in [7, 11) is 2.04. The summed E-state index contributed by atoms with van der Waals surface area (Å²) >= 11 is 0. The normalized spacial score (nSPS) is 27.6. The lowest BCUT2D eigenvalue weighted by Crippen LogP contribution is -2.46. The summed E-state index contributed by atoms with van der Waals surface area (Å²) in [5.74, 6) is 3.33. The zero-order chi connectivity index (χ0) is 21.9. The monoisotopic (exact) mass is 418 g/mol. The van der Waals surface area contributed by atoms with E-state index in [0.29, 0.717) is 23.1 Å². The zero-order valence-electron chi connectivity index (χ0n) is 20.3. The maximum absolute atomic E-state index is 13.0. The predicted octanol–water partition coefficient (Wildman–Crippen LogP) is 5.36. The van der Waals surface area contributed by atoms with Gasteiger partial charge in [0.2, 0.25) is 11.8 Å². The average molecular weight is 419 g/mol. The van der Waals surface area contributed by atoms with Crippen LogP contribution in [0.3, 0.4) is 0 Å². The highest BCUT2D eigenvalue weighted by atomic mass is 16.2. The average Bonchev–Trinajstić information content (AvgIpc) is 2.75. The molecular formula is C26H46N2O2. The molecule has 172 valence electrons. The van der Waals surface area contributed by atoms with Crippen LogP contribution in [0.1, 0.15) is 91.9 Å². The van der Waals surface area contributed by atoms with Gasteiger partial charge in [-0.25, -0.2) is 0 Å². The lowest BCUT2D eigenvalue weighted by molar-refractivity contribution is -0.137. The lowest BCUT2D eigenvalue weighted by Gasteiger charge is -2.46. The van der Waals surface area contributed by atoms with E-state index in [9.17, 15) is 9.59 Å². The Hall–Kier alpha value is -1.06. The van der Waals surface area contributed by atoms with Gasteiger partial charge in [0, 0.05) is 38.5 Å². The van der Waals surface area contributed by atoms with E-state index in [1.54, 1.807) is 0 Å². The van der Waals surface area contributed by atoms with E-state index >= 15 is 0 Å². The maximum atomic E-state index is 13.0. The lowest BCUT2D eigenvalue weighted by atomic mass is 9.65. The maximum Gasteiger partial charge on any atom is 0.225 e. The molecule has 4 heteroatoms. The minimum absolute atomic E-state index is 0.114. The van der Waals surface area contributed by atoms with Gasteiger partial charge in [-0.1, -0.05) is 27.7 Å². The minimum Gasteiger partial charge on any atom is -0.345 e. The molecule has 0 bridgehead atoms. The third kappa shape index (κ3) is 5.59. The highest BCUT2D eigenvalue weighted by Gasteiger charge is 2.40. The van der Waals surface area contributed by atoms with Gasteiger partial charge >= 0.3 is 0 Å². The minimum atomic E-state index is 0.114. The van der Waals surface area contributed by atoms with Crippen LogP contribution in [0, 0.1) is 35.0 Å². The van der Waals surface area contributed by atoms with E-state index in [1.165, 1.54) is 51.4 Å². The van der Waals surface area contributed by atoms with Crippen LogP contribution in [0.4, 0.5) is 0 Å². The summed E-state index contributed by atoms with van der Waals surface area (Å²) < 4.78 is 0. The largest absolute Gasteiger partial charge is 0.345 e. The molecule has 0 radical (unpaired) electrons. The van der Waals surface area contributed by atoms with Gasteiger partial charge in [-0.05, 0) is 87.4 Å². The number of amides is 2. The van der Waals surface area contributed by atoms with Crippen LogP contribution >= 0.6 is 0 Å². The zero-order valence-corrected chi connectivity index (χ0v) is 20.3. The third-order valence-corrected chi connectivity index (χ3v) is 8.77. The van der Waals surface area contributed by atoms with Crippen molar-refractivity contribution in [3.8, 4) is 0 Å². The number of carbonyl (C=O) groups excluding carboxylic acids is 2. The van der Waals surface area contributed by atoms with Crippen molar-refractivity contribution >= 4 is 11.8 Å². The van der Waals surface area contributed by atoms with Crippen LogP contribution in [0.2, 0.25) is 0 Å². The Kier molecular flexibility index (Phi) is 7.90. The van der Waals surface area contributed by atoms with Crippen molar-refractivity contribution in [2.75, 3.05) is 26.7 Å². The van der Waals surface area contributed by atoms with Crippen LogP contribution in [-0.2, 0) is 9.59 Å². The number of rotatable bonds is 5. The summed E-state index contributed by atoms with van der Waals surface area (Å²) in [6.45, 7) is 11.5. The topological polar surface area (TPSA) is 40.6 Å². The number of nitrogens with zero attached hydrogens (tertiary/aromatic N) is 2. The molecule has 4 nitrogen and oxygen atoms in total. The van der Waals surface area contributed by atoms with Crippen LogP contribution in [-0.4, -0.2) is 48.3 Å². The summed E-state index contributed by atoms with van der Waals surface area (Å²) in [5, 5.41) is 0. The SMILES string of the molecule is CC(C)C(=O)N1CCC2(CCC(CN(C)C(=O)C3CCC(C(C)C)CC3)CC2)CC1. The second-order valence-electron chi connectivity index (χ2n) is 11.5. The smallest absolute Gasteiger partial charge is 0.225 e. The van der Waals surface area contributed by atoms with Crippen molar-refractivity contribution in [1.29, 1.82) is 0 Å². The third-order valence-electron chi connectivity index (χ3n) is 8.77. The van der Waals surface area contributed by atoms with E-state index in [1.807, 2.05) is 20.9 Å². The Labute approximate surface area is 185 Å². The molecular weight excluding hydrogens is 372 g/mol. The van der Waals surface area contributed by atoms with Gasteiger partial charge in [0.1, 0.15) is 0 Å². The van der Waals surface area contributed by atoms with Gasteiger partial charge in [-0.15, -0.1) is 0 Å². The summed E-state index contributed by atoms with van der Waals surface area (Å²) in [6, 6.07) is 0. The molecule has 0 unspecified atom stereocenters. The van der Waals surface area contributed by atoms with Crippen molar-refractivity contribution < 1.29 is 9.59 Å². The molecule has 2 aliphatic carbocycles. The quantitative estimate of drug-likeness (QED) is 0.603. The first-order valence-corrected chi connectivity index (χ1v) is 12.7. The Morgan fingerprint density at radius 3 is 1.97 bits per heavy atom. The van der Waals surface area contributed by atoms with Gasteiger partial charge < -0.3 is 9.80 Å². The van der Waals surface area contributed by atoms with Crippen molar-refractivity contribution in [2.24, 2.45) is 35.0 Å². The fourth-order valence-electron chi connectivity index (χ4n) is 6.36. The highest BCUT2D eigenvalue weighted by molar-refractivity contribution is 5.79. The van der Waals surface area contributed by atoms with Crippen molar-refractivity contribution in [1.82, 2.24) is 9.80 Å². The molecule has 0 atom stereocenters. The Bertz CT molecular complexity index is 574. The van der Waals surface area contributed by atoms with E-state index in [-0.39, 0.29) is 11.8 Å². The molecule has 3 fully saturated rings. The molecule has 2 amide bonds. The van der Waals surface area contributed by atoms with Crippen LogP contribution in [0.15, 0.2) is 0 Å². The first-order valence-electron chi connectivity index (χ1n) is 12.7. The first kappa shape index (κ1) is 23.6. The number of likely N-dealkylation sites (tertiary alicyclic amines) is 1. The van der Waals surface area contributed by atoms with Gasteiger partial charge in [0.05, 0.1) is 0 Å². The molecule has 0 aromatic carbocycles. The van der Waals surface area contributed by atoms with Crippen LogP contribution in [0.5, 0.6) is 0 Å². The highest BCUT2D eigenvalue weighted by Crippen LogP contribution is 2.46.